The predicted octanol–water partition coefficient (Wildman–Crippen LogP) is 1.49. The number of hydrogen-bond acceptors (Lipinski definition) is 4. The van der Waals surface area contributed by atoms with Crippen LogP contribution in [-0.2, 0) is 19.1 Å². The standard InChI is InChI=1S/C10H13BrF3NO4/c1-4-8(19-5(2)16)6(3-7(11)18-4)15-9(17)10(12,13)14/h4,6-8H,3H2,1-2H3,(H,15,17)/t4-,6-,7?,8+/m0/s1. The first kappa shape index (κ1) is 16.2. The highest BCUT2D eigenvalue weighted by atomic mass is 79.9. The van der Waals surface area contributed by atoms with Crippen LogP contribution < -0.4 is 5.32 Å². The van der Waals surface area contributed by atoms with Gasteiger partial charge in [-0.05, 0) is 6.92 Å². The van der Waals surface area contributed by atoms with E-state index in [0.717, 1.165) is 6.92 Å². The number of carbonyl (C=O) groups is 2. The van der Waals surface area contributed by atoms with Crippen LogP contribution >= 0.6 is 15.9 Å². The first-order valence-electron chi connectivity index (χ1n) is 5.45. The summed E-state index contributed by atoms with van der Waals surface area (Å²) in [7, 11) is 0. The fraction of sp³-hybridized carbons (Fsp3) is 0.800. The zero-order valence-electron chi connectivity index (χ0n) is 10.2. The molecule has 0 aliphatic carbocycles. The molecule has 1 aliphatic rings. The van der Waals surface area contributed by atoms with E-state index in [-0.39, 0.29) is 6.42 Å². The largest absolute Gasteiger partial charge is 0.471 e. The fourth-order valence-corrected chi connectivity index (χ4v) is 2.53. The third-order valence-electron chi connectivity index (χ3n) is 2.54. The topological polar surface area (TPSA) is 64.6 Å². The molecule has 1 unspecified atom stereocenters. The van der Waals surface area contributed by atoms with Crippen LogP contribution in [0.3, 0.4) is 0 Å². The average molecular weight is 348 g/mol. The van der Waals surface area contributed by atoms with Gasteiger partial charge in [-0.1, -0.05) is 15.9 Å². The van der Waals surface area contributed by atoms with E-state index in [1.165, 1.54) is 0 Å². The number of amides is 1. The molecule has 4 atom stereocenters. The highest BCUT2D eigenvalue weighted by Crippen LogP contribution is 2.27. The minimum Gasteiger partial charge on any atom is -0.458 e. The van der Waals surface area contributed by atoms with Crippen LogP contribution in [0, 0.1) is 0 Å². The summed E-state index contributed by atoms with van der Waals surface area (Å²) in [6.07, 6.45) is -6.52. The zero-order valence-corrected chi connectivity index (χ0v) is 11.7. The van der Waals surface area contributed by atoms with Gasteiger partial charge in [0.05, 0.1) is 12.1 Å². The quantitative estimate of drug-likeness (QED) is 0.607. The van der Waals surface area contributed by atoms with Crippen molar-refractivity contribution in [3.05, 3.63) is 0 Å². The van der Waals surface area contributed by atoms with Gasteiger partial charge in [0, 0.05) is 13.3 Å². The third kappa shape index (κ3) is 4.64. The first-order chi connectivity index (χ1) is 8.61. The van der Waals surface area contributed by atoms with Gasteiger partial charge in [0.25, 0.3) is 0 Å². The van der Waals surface area contributed by atoms with Crippen LogP contribution in [0.4, 0.5) is 13.2 Å². The zero-order chi connectivity index (χ0) is 14.8. The van der Waals surface area contributed by atoms with Gasteiger partial charge in [-0.2, -0.15) is 13.2 Å². The Balaban J connectivity index is 2.79. The van der Waals surface area contributed by atoms with E-state index in [0.29, 0.717) is 0 Å². The number of carbonyl (C=O) groups excluding carboxylic acids is 2. The van der Waals surface area contributed by atoms with E-state index in [9.17, 15) is 22.8 Å². The number of hydrogen-bond donors (Lipinski definition) is 1. The molecule has 1 amide bonds. The Morgan fingerprint density at radius 1 is 1.42 bits per heavy atom. The second-order valence-corrected chi connectivity index (χ2v) is 5.16. The van der Waals surface area contributed by atoms with E-state index in [2.05, 4.69) is 15.9 Å². The van der Waals surface area contributed by atoms with E-state index in [4.69, 9.17) is 9.47 Å². The average Bonchev–Trinajstić information content (AvgIpc) is 2.21. The maximum atomic E-state index is 12.2. The molecule has 1 heterocycles. The lowest BCUT2D eigenvalue weighted by Crippen LogP contribution is -2.57. The Kier molecular flexibility index (Phi) is 5.19. The van der Waals surface area contributed by atoms with Crippen LogP contribution in [0.25, 0.3) is 0 Å². The Labute approximate surface area is 115 Å². The second-order valence-electron chi connectivity index (χ2n) is 4.14. The molecule has 0 spiro atoms. The summed E-state index contributed by atoms with van der Waals surface area (Å²) in [5, 5.41) is 1.30. The summed E-state index contributed by atoms with van der Waals surface area (Å²) in [4.78, 5) is 21.9. The van der Waals surface area contributed by atoms with Gasteiger partial charge in [0.15, 0.2) is 0 Å². The molecule has 1 rings (SSSR count). The van der Waals surface area contributed by atoms with Crippen molar-refractivity contribution in [1.29, 1.82) is 0 Å². The van der Waals surface area contributed by atoms with Crippen molar-refractivity contribution in [2.24, 2.45) is 0 Å². The minimum atomic E-state index is -4.98. The SMILES string of the molecule is CC(=O)O[C@H]1[C@@H](NC(=O)C(F)(F)F)CC(Br)O[C@H]1C. The van der Waals surface area contributed by atoms with E-state index in [1.54, 1.807) is 6.92 Å². The number of rotatable bonds is 2. The first-order valence-corrected chi connectivity index (χ1v) is 6.37. The van der Waals surface area contributed by atoms with E-state index < -0.39 is 41.3 Å². The molecule has 1 aliphatic heterocycles. The van der Waals surface area contributed by atoms with Crippen molar-refractivity contribution < 1.29 is 32.2 Å². The van der Waals surface area contributed by atoms with Gasteiger partial charge >= 0.3 is 18.1 Å². The number of esters is 1. The second kappa shape index (κ2) is 6.08. The van der Waals surface area contributed by atoms with Gasteiger partial charge < -0.3 is 14.8 Å². The van der Waals surface area contributed by atoms with Crippen LogP contribution in [0.5, 0.6) is 0 Å². The third-order valence-corrected chi connectivity index (χ3v) is 3.13. The number of ether oxygens (including phenoxy) is 2. The molecule has 0 aromatic heterocycles. The van der Waals surface area contributed by atoms with Crippen LogP contribution in [-0.4, -0.2) is 41.3 Å². The molecule has 0 aromatic rings. The molecular formula is C10H13BrF3NO4. The maximum absolute atomic E-state index is 12.2. The van der Waals surface area contributed by atoms with Crippen molar-refractivity contribution in [2.75, 3.05) is 0 Å². The lowest BCUT2D eigenvalue weighted by atomic mass is 10.00. The van der Waals surface area contributed by atoms with Crippen molar-refractivity contribution in [2.45, 2.75) is 49.7 Å². The molecule has 0 saturated carbocycles. The summed E-state index contributed by atoms with van der Waals surface area (Å²) in [5.41, 5.74) is 0. The molecule has 1 N–H and O–H groups in total. The van der Waals surface area contributed by atoms with Crippen molar-refractivity contribution in [3.63, 3.8) is 0 Å². The highest BCUT2D eigenvalue weighted by molar-refractivity contribution is 9.09. The molecule has 0 aromatic carbocycles. The molecule has 110 valence electrons. The van der Waals surface area contributed by atoms with Gasteiger partial charge in [-0.3, -0.25) is 9.59 Å². The van der Waals surface area contributed by atoms with E-state index in [1.807, 2.05) is 5.32 Å². The molecule has 5 nitrogen and oxygen atoms in total. The fourth-order valence-electron chi connectivity index (χ4n) is 1.79. The summed E-state index contributed by atoms with van der Waals surface area (Å²) in [6, 6.07) is -0.967. The summed E-state index contributed by atoms with van der Waals surface area (Å²) in [5.74, 6) is -2.72. The smallest absolute Gasteiger partial charge is 0.458 e. The number of alkyl halides is 4. The van der Waals surface area contributed by atoms with Crippen molar-refractivity contribution in [1.82, 2.24) is 5.32 Å². The number of nitrogens with one attached hydrogen (secondary N) is 1. The lowest BCUT2D eigenvalue weighted by Gasteiger charge is -2.38. The normalized spacial score (nSPS) is 31.7. The summed E-state index contributed by atoms with van der Waals surface area (Å²) < 4.78 is 46.9. The van der Waals surface area contributed by atoms with Gasteiger partial charge in [0.1, 0.15) is 11.1 Å². The Bertz CT molecular complexity index is 363. The molecule has 19 heavy (non-hydrogen) atoms. The molecule has 0 radical (unpaired) electrons. The van der Waals surface area contributed by atoms with E-state index >= 15 is 0 Å². The minimum absolute atomic E-state index is 0.0596. The van der Waals surface area contributed by atoms with Crippen LogP contribution in [0.2, 0.25) is 0 Å². The van der Waals surface area contributed by atoms with Crippen LogP contribution in [0.1, 0.15) is 20.3 Å². The Hall–Kier alpha value is -0.830. The molecule has 1 fully saturated rings. The van der Waals surface area contributed by atoms with Gasteiger partial charge in [-0.25, -0.2) is 0 Å². The molecular weight excluding hydrogens is 335 g/mol. The lowest BCUT2D eigenvalue weighted by molar-refractivity contribution is -0.181. The molecule has 9 heteroatoms. The summed E-state index contributed by atoms with van der Waals surface area (Å²) in [6.45, 7) is 2.68. The van der Waals surface area contributed by atoms with Crippen molar-refractivity contribution in [3.8, 4) is 0 Å². The van der Waals surface area contributed by atoms with Crippen LogP contribution in [0.15, 0.2) is 0 Å². The van der Waals surface area contributed by atoms with Crippen molar-refractivity contribution >= 4 is 27.8 Å². The predicted molar refractivity (Wildman–Crippen MR) is 61.4 cm³/mol. The Morgan fingerprint density at radius 3 is 2.47 bits per heavy atom. The molecule has 0 bridgehead atoms. The van der Waals surface area contributed by atoms with Gasteiger partial charge in [-0.15, -0.1) is 0 Å². The maximum Gasteiger partial charge on any atom is 0.471 e. The van der Waals surface area contributed by atoms with Gasteiger partial charge in [0.2, 0.25) is 0 Å². The number of halogens is 4. The highest BCUT2D eigenvalue weighted by Gasteiger charge is 2.44. The monoisotopic (exact) mass is 347 g/mol. The summed E-state index contributed by atoms with van der Waals surface area (Å²) >= 11 is 3.11. The molecule has 1 saturated heterocycles. The Morgan fingerprint density at radius 2 is 2.00 bits per heavy atom.